The van der Waals surface area contributed by atoms with E-state index in [1.54, 1.807) is 18.2 Å². The molecule has 3 rings (SSSR count). The van der Waals surface area contributed by atoms with Crippen LogP contribution in [0.3, 0.4) is 0 Å². The molecule has 0 saturated carbocycles. The Hall–Kier alpha value is -2.71. The summed E-state index contributed by atoms with van der Waals surface area (Å²) in [7, 11) is -3.61. The van der Waals surface area contributed by atoms with E-state index in [2.05, 4.69) is 40.9 Å². The van der Waals surface area contributed by atoms with Crippen molar-refractivity contribution in [1.82, 2.24) is 14.9 Å². The Balaban J connectivity index is 1.49. The van der Waals surface area contributed by atoms with Gasteiger partial charge in [0.2, 0.25) is 10.0 Å². The highest BCUT2D eigenvalue weighted by Crippen LogP contribution is 2.15. The summed E-state index contributed by atoms with van der Waals surface area (Å²) >= 11 is 0. The average molecular weight is 482 g/mol. The van der Waals surface area contributed by atoms with Gasteiger partial charge in [0.25, 0.3) is 0 Å². The van der Waals surface area contributed by atoms with Crippen molar-refractivity contribution < 1.29 is 13.2 Å². The van der Waals surface area contributed by atoms with Gasteiger partial charge in [-0.3, -0.25) is 0 Å². The van der Waals surface area contributed by atoms with E-state index < -0.39 is 10.0 Å². The summed E-state index contributed by atoms with van der Waals surface area (Å²) in [5.41, 5.74) is 2.98. The largest absolute Gasteiger partial charge is 0.492 e. The molecule has 34 heavy (non-hydrogen) atoms. The SMILES string of the molecule is CCN(CC)CCOc1ccc(CNS(=O)(=O)c2cccc(CNCc3ccccc3)c2)cc1. The van der Waals surface area contributed by atoms with Gasteiger partial charge in [-0.25, -0.2) is 13.1 Å². The van der Waals surface area contributed by atoms with Crippen LogP contribution in [0.1, 0.15) is 30.5 Å². The molecular weight excluding hydrogens is 446 g/mol. The Morgan fingerprint density at radius 3 is 2.12 bits per heavy atom. The number of benzene rings is 3. The van der Waals surface area contributed by atoms with Crippen molar-refractivity contribution in [3.8, 4) is 5.75 Å². The number of nitrogens with zero attached hydrogens (tertiary/aromatic N) is 1. The van der Waals surface area contributed by atoms with Crippen molar-refractivity contribution >= 4 is 10.0 Å². The third kappa shape index (κ3) is 8.25. The van der Waals surface area contributed by atoms with Gasteiger partial charge in [-0.2, -0.15) is 0 Å². The minimum Gasteiger partial charge on any atom is -0.492 e. The first-order valence-electron chi connectivity index (χ1n) is 11.8. The maximum absolute atomic E-state index is 12.8. The zero-order chi connectivity index (χ0) is 24.2. The number of hydrogen-bond donors (Lipinski definition) is 2. The van der Waals surface area contributed by atoms with Crippen LogP contribution in [0, 0.1) is 0 Å². The van der Waals surface area contributed by atoms with Gasteiger partial charge in [-0.05, 0) is 54.0 Å². The normalized spacial score (nSPS) is 11.6. The van der Waals surface area contributed by atoms with Crippen LogP contribution < -0.4 is 14.8 Å². The summed E-state index contributed by atoms with van der Waals surface area (Å²) in [5, 5.41) is 3.36. The molecule has 2 N–H and O–H groups in total. The predicted octanol–water partition coefficient (Wildman–Crippen LogP) is 4.18. The third-order valence-electron chi connectivity index (χ3n) is 5.67. The Labute approximate surface area is 204 Å². The van der Waals surface area contributed by atoms with Crippen LogP contribution in [0.25, 0.3) is 0 Å². The number of ether oxygens (including phenoxy) is 1. The van der Waals surface area contributed by atoms with Gasteiger partial charge in [0.15, 0.2) is 0 Å². The smallest absolute Gasteiger partial charge is 0.240 e. The molecule has 3 aromatic carbocycles. The van der Waals surface area contributed by atoms with Gasteiger partial charge in [-0.15, -0.1) is 0 Å². The van der Waals surface area contributed by atoms with Gasteiger partial charge >= 0.3 is 0 Å². The summed E-state index contributed by atoms with van der Waals surface area (Å²) in [6.07, 6.45) is 0. The zero-order valence-electron chi connectivity index (χ0n) is 20.0. The molecule has 0 fully saturated rings. The molecule has 3 aromatic rings. The highest BCUT2D eigenvalue weighted by Gasteiger charge is 2.14. The number of likely N-dealkylation sites (N-methyl/N-ethyl adjacent to an activating group) is 1. The van der Waals surface area contributed by atoms with Crippen molar-refractivity contribution in [2.24, 2.45) is 0 Å². The summed E-state index contributed by atoms with van der Waals surface area (Å²) in [6.45, 7) is 9.34. The number of sulfonamides is 1. The molecule has 0 bridgehead atoms. The predicted molar refractivity (Wildman–Crippen MR) is 137 cm³/mol. The molecule has 0 radical (unpaired) electrons. The van der Waals surface area contributed by atoms with Crippen molar-refractivity contribution in [3.63, 3.8) is 0 Å². The maximum Gasteiger partial charge on any atom is 0.240 e. The second kappa shape index (κ2) is 13.2. The molecule has 0 saturated heterocycles. The van der Waals surface area contributed by atoms with Gasteiger partial charge in [0.1, 0.15) is 12.4 Å². The fourth-order valence-corrected chi connectivity index (χ4v) is 4.65. The van der Waals surface area contributed by atoms with E-state index in [9.17, 15) is 8.42 Å². The van der Waals surface area contributed by atoms with Crippen molar-refractivity contribution in [2.75, 3.05) is 26.2 Å². The topological polar surface area (TPSA) is 70.7 Å². The molecule has 7 heteroatoms. The average Bonchev–Trinajstić information content (AvgIpc) is 2.87. The van der Waals surface area contributed by atoms with Gasteiger partial charge in [-0.1, -0.05) is 68.4 Å². The van der Waals surface area contributed by atoms with Crippen LogP contribution >= 0.6 is 0 Å². The lowest BCUT2D eigenvalue weighted by Gasteiger charge is -2.18. The van der Waals surface area contributed by atoms with E-state index in [0.717, 1.165) is 43.1 Å². The Kier molecular flexibility index (Phi) is 10.1. The third-order valence-corrected chi connectivity index (χ3v) is 7.07. The lowest BCUT2D eigenvalue weighted by Crippen LogP contribution is -2.27. The van der Waals surface area contributed by atoms with Crippen molar-refractivity contribution in [1.29, 1.82) is 0 Å². The van der Waals surface area contributed by atoms with Crippen LogP contribution in [-0.4, -0.2) is 39.6 Å². The molecule has 0 aliphatic carbocycles. The highest BCUT2D eigenvalue weighted by atomic mass is 32.2. The maximum atomic E-state index is 12.8. The van der Waals surface area contributed by atoms with E-state index in [1.807, 2.05) is 48.5 Å². The minimum absolute atomic E-state index is 0.221. The number of rotatable bonds is 14. The lowest BCUT2D eigenvalue weighted by molar-refractivity contribution is 0.223. The molecule has 182 valence electrons. The zero-order valence-corrected chi connectivity index (χ0v) is 20.9. The molecule has 6 nitrogen and oxygen atoms in total. The minimum atomic E-state index is -3.61. The Morgan fingerprint density at radius 2 is 1.41 bits per heavy atom. The fraction of sp³-hybridized carbons (Fsp3) is 0.333. The molecule has 0 atom stereocenters. The van der Waals surface area contributed by atoms with E-state index in [1.165, 1.54) is 5.56 Å². The second-order valence-corrected chi connectivity index (χ2v) is 9.85. The van der Waals surface area contributed by atoms with Gasteiger partial charge in [0, 0.05) is 26.2 Å². The van der Waals surface area contributed by atoms with Crippen LogP contribution in [0.2, 0.25) is 0 Å². The molecule has 0 heterocycles. The summed E-state index contributed by atoms with van der Waals surface area (Å²) < 4.78 is 34.1. The molecule has 0 spiro atoms. The van der Waals surface area contributed by atoms with Gasteiger partial charge < -0.3 is 15.0 Å². The molecule has 0 amide bonds. The lowest BCUT2D eigenvalue weighted by atomic mass is 10.2. The van der Waals surface area contributed by atoms with E-state index in [4.69, 9.17) is 4.74 Å². The molecule has 0 aromatic heterocycles. The quantitative estimate of drug-likeness (QED) is 0.362. The fourth-order valence-electron chi connectivity index (χ4n) is 3.57. The monoisotopic (exact) mass is 481 g/mol. The highest BCUT2D eigenvalue weighted by molar-refractivity contribution is 7.89. The second-order valence-electron chi connectivity index (χ2n) is 8.08. The first-order valence-corrected chi connectivity index (χ1v) is 13.3. The van der Waals surface area contributed by atoms with Crippen LogP contribution in [-0.2, 0) is 29.7 Å². The molecule has 0 aliphatic rings. The van der Waals surface area contributed by atoms with Gasteiger partial charge in [0.05, 0.1) is 4.90 Å². The first-order chi connectivity index (χ1) is 16.5. The van der Waals surface area contributed by atoms with Crippen LogP contribution in [0.4, 0.5) is 0 Å². The summed E-state index contributed by atoms with van der Waals surface area (Å²) in [6, 6.07) is 24.7. The van der Waals surface area contributed by atoms with Crippen molar-refractivity contribution in [2.45, 2.75) is 38.4 Å². The van der Waals surface area contributed by atoms with Crippen molar-refractivity contribution in [3.05, 3.63) is 95.6 Å². The van der Waals surface area contributed by atoms with E-state index in [0.29, 0.717) is 13.2 Å². The molecule has 0 aliphatic heterocycles. The Morgan fingerprint density at radius 1 is 0.765 bits per heavy atom. The molecular formula is C27H35N3O3S. The van der Waals surface area contributed by atoms with Crippen LogP contribution in [0.15, 0.2) is 83.8 Å². The number of hydrogen-bond acceptors (Lipinski definition) is 5. The Bertz CT molecular complexity index is 1100. The molecule has 0 unspecified atom stereocenters. The first kappa shape index (κ1) is 25.9. The van der Waals surface area contributed by atoms with E-state index >= 15 is 0 Å². The number of nitrogens with one attached hydrogen (secondary N) is 2. The van der Waals surface area contributed by atoms with E-state index in [-0.39, 0.29) is 11.4 Å². The summed E-state index contributed by atoms with van der Waals surface area (Å²) in [4.78, 5) is 2.57. The summed E-state index contributed by atoms with van der Waals surface area (Å²) in [5.74, 6) is 0.787. The standard InChI is InChI=1S/C27H35N3O3S/c1-3-30(4-2)17-18-33-26-15-13-24(14-16-26)22-29-34(31,32)27-12-8-11-25(19-27)21-28-20-23-9-6-5-7-10-23/h5-16,19,28-29H,3-4,17-18,20-22H2,1-2H3. The van der Waals surface area contributed by atoms with Crippen LogP contribution in [0.5, 0.6) is 5.75 Å².